The summed E-state index contributed by atoms with van der Waals surface area (Å²) in [5, 5.41) is 12.8. The number of imidazole rings is 1. The fraction of sp³-hybridized carbons (Fsp3) is 0.182. The average molecular weight is 361 g/mol. The predicted octanol–water partition coefficient (Wildman–Crippen LogP) is 2.93. The van der Waals surface area contributed by atoms with E-state index in [4.69, 9.17) is 0 Å². The molecule has 0 radical (unpaired) electrons. The van der Waals surface area contributed by atoms with Crippen LogP contribution in [0.2, 0.25) is 0 Å². The van der Waals surface area contributed by atoms with Gasteiger partial charge in [0.2, 0.25) is 0 Å². The zero-order valence-corrected chi connectivity index (χ0v) is 12.0. The lowest BCUT2D eigenvalue weighted by molar-refractivity contribution is 0.468. The summed E-state index contributed by atoms with van der Waals surface area (Å²) in [6.45, 7) is 1.39. The Morgan fingerprint density at radius 2 is 1.94 bits per heavy atom. The molecule has 6 heteroatoms. The third-order valence-electron chi connectivity index (χ3n) is 2.25. The quantitative estimate of drug-likeness (QED) is 0.785. The second kappa shape index (κ2) is 5.66. The molecule has 2 rings (SSSR count). The number of aromatic nitrogens is 2. The van der Waals surface area contributed by atoms with Gasteiger partial charge in [-0.3, -0.25) is 0 Å². The van der Waals surface area contributed by atoms with Crippen molar-refractivity contribution in [3.05, 3.63) is 44.9 Å². The lowest BCUT2D eigenvalue weighted by Crippen LogP contribution is -2.13. The Balaban J connectivity index is 1.95. The Kier molecular flexibility index (Phi) is 4.20. The van der Waals surface area contributed by atoms with E-state index in [-0.39, 0.29) is 5.75 Å². The van der Waals surface area contributed by atoms with Crippen LogP contribution in [-0.2, 0) is 13.1 Å². The highest BCUT2D eigenvalue weighted by molar-refractivity contribution is 9.11. The van der Waals surface area contributed by atoms with Gasteiger partial charge in [-0.2, -0.15) is 0 Å². The van der Waals surface area contributed by atoms with Crippen molar-refractivity contribution in [1.29, 1.82) is 0 Å². The number of rotatable bonds is 4. The minimum Gasteiger partial charge on any atom is -0.506 e. The minimum absolute atomic E-state index is 0.222. The molecule has 0 spiro atoms. The third kappa shape index (κ3) is 3.31. The third-order valence-corrected chi connectivity index (χ3v) is 3.46. The maximum atomic E-state index is 9.58. The fourth-order valence-electron chi connectivity index (χ4n) is 1.44. The molecule has 0 fully saturated rings. The maximum absolute atomic E-state index is 9.58. The zero-order valence-electron chi connectivity index (χ0n) is 8.87. The van der Waals surface area contributed by atoms with Gasteiger partial charge in [-0.15, -0.1) is 0 Å². The van der Waals surface area contributed by atoms with Gasteiger partial charge in [0.25, 0.3) is 0 Å². The summed E-state index contributed by atoms with van der Waals surface area (Å²) in [5.41, 5.74) is 1.08. The van der Waals surface area contributed by atoms with Crippen molar-refractivity contribution in [2.75, 3.05) is 0 Å². The van der Waals surface area contributed by atoms with Gasteiger partial charge in [0.15, 0.2) is 0 Å². The van der Waals surface area contributed by atoms with E-state index in [1.807, 2.05) is 12.1 Å². The normalized spacial score (nSPS) is 10.7. The standard InChI is InChI=1S/C11H11Br2N3O/c12-8-3-7(4-9(13)11(8)17)5-14-6-10-15-1-2-16-10/h1-4,14,17H,5-6H2,(H,15,16). The average Bonchev–Trinajstić information content (AvgIpc) is 2.79. The molecule has 1 aromatic carbocycles. The van der Waals surface area contributed by atoms with Crippen molar-refractivity contribution in [1.82, 2.24) is 15.3 Å². The number of phenolic OH excluding ortho intramolecular Hbond substituents is 1. The molecule has 3 N–H and O–H groups in total. The maximum Gasteiger partial charge on any atom is 0.143 e. The number of aromatic hydroxyl groups is 1. The van der Waals surface area contributed by atoms with Gasteiger partial charge >= 0.3 is 0 Å². The Morgan fingerprint density at radius 3 is 2.53 bits per heavy atom. The van der Waals surface area contributed by atoms with E-state index in [0.29, 0.717) is 22.0 Å². The Labute approximate surface area is 116 Å². The summed E-state index contributed by atoms with van der Waals surface area (Å²) in [6, 6.07) is 3.77. The van der Waals surface area contributed by atoms with Crippen molar-refractivity contribution in [2.45, 2.75) is 13.1 Å². The van der Waals surface area contributed by atoms with Crippen LogP contribution in [0.5, 0.6) is 5.75 Å². The first-order valence-electron chi connectivity index (χ1n) is 5.02. The molecule has 4 nitrogen and oxygen atoms in total. The number of H-pyrrole nitrogens is 1. The monoisotopic (exact) mass is 359 g/mol. The summed E-state index contributed by atoms with van der Waals surface area (Å²) in [6.07, 6.45) is 3.52. The van der Waals surface area contributed by atoms with Gasteiger partial charge in [0.1, 0.15) is 11.6 Å². The number of halogens is 2. The number of hydrogen-bond donors (Lipinski definition) is 3. The molecule has 17 heavy (non-hydrogen) atoms. The van der Waals surface area contributed by atoms with E-state index in [9.17, 15) is 5.11 Å². The molecule has 90 valence electrons. The first-order valence-corrected chi connectivity index (χ1v) is 6.61. The topological polar surface area (TPSA) is 60.9 Å². The molecule has 0 aliphatic heterocycles. The van der Waals surface area contributed by atoms with E-state index in [0.717, 1.165) is 11.4 Å². The van der Waals surface area contributed by atoms with Crippen LogP contribution in [0.4, 0.5) is 0 Å². The molecule has 0 saturated heterocycles. The first kappa shape index (κ1) is 12.6. The van der Waals surface area contributed by atoms with E-state index in [1.165, 1.54) is 0 Å². The van der Waals surface area contributed by atoms with Gasteiger partial charge in [-0.05, 0) is 49.6 Å². The number of nitrogens with zero attached hydrogens (tertiary/aromatic N) is 1. The Hall–Kier alpha value is -0.850. The van der Waals surface area contributed by atoms with Crippen molar-refractivity contribution in [3.63, 3.8) is 0 Å². The van der Waals surface area contributed by atoms with E-state index < -0.39 is 0 Å². The minimum atomic E-state index is 0.222. The van der Waals surface area contributed by atoms with Crippen LogP contribution in [0.3, 0.4) is 0 Å². The van der Waals surface area contributed by atoms with Gasteiger partial charge in [-0.1, -0.05) is 0 Å². The number of aromatic amines is 1. The van der Waals surface area contributed by atoms with E-state index >= 15 is 0 Å². The van der Waals surface area contributed by atoms with Gasteiger partial charge in [-0.25, -0.2) is 4.98 Å². The summed E-state index contributed by atoms with van der Waals surface area (Å²) >= 11 is 6.60. The Morgan fingerprint density at radius 1 is 1.24 bits per heavy atom. The molecule has 0 aliphatic rings. The molecule has 0 bridgehead atoms. The fourth-order valence-corrected chi connectivity index (χ4v) is 2.72. The number of phenols is 1. The highest BCUT2D eigenvalue weighted by Crippen LogP contribution is 2.33. The van der Waals surface area contributed by atoms with Crippen molar-refractivity contribution < 1.29 is 5.11 Å². The smallest absolute Gasteiger partial charge is 0.143 e. The molecular formula is C11H11Br2N3O. The molecule has 1 heterocycles. The summed E-state index contributed by atoms with van der Waals surface area (Å²) in [5.74, 6) is 1.13. The van der Waals surface area contributed by atoms with Crippen molar-refractivity contribution >= 4 is 31.9 Å². The van der Waals surface area contributed by atoms with Gasteiger partial charge < -0.3 is 15.4 Å². The highest BCUT2D eigenvalue weighted by Gasteiger charge is 2.05. The van der Waals surface area contributed by atoms with Crippen LogP contribution >= 0.6 is 31.9 Å². The zero-order chi connectivity index (χ0) is 12.3. The summed E-state index contributed by atoms with van der Waals surface area (Å²) in [4.78, 5) is 7.14. The SMILES string of the molecule is Oc1c(Br)cc(CNCc2ncc[nH]2)cc1Br. The van der Waals surface area contributed by atoms with Crippen LogP contribution in [-0.4, -0.2) is 15.1 Å². The van der Waals surface area contributed by atoms with E-state index in [1.54, 1.807) is 12.4 Å². The number of benzene rings is 1. The molecule has 2 aromatic rings. The van der Waals surface area contributed by atoms with Crippen LogP contribution < -0.4 is 5.32 Å². The highest BCUT2D eigenvalue weighted by atomic mass is 79.9. The van der Waals surface area contributed by atoms with Crippen molar-refractivity contribution in [3.8, 4) is 5.75 Å². The predicted molar refractivity (Wildman–Crippen MR) is 72.6 cm³/mol. The van der Waals surface area contributed by atoms with E-state index in [2.05, 4.69) is 47.1 Å². The molecule has 0 unspecified atom stereocenters. The lowest BCUT2D eigenvalue weighted by Gasteiger charge is -2.06. The van der Waals surface area contributed by atoms with Crippen LogP contribution in [0.1, 0.15) is 11.4 Å². The summed E-state index contributed by atoms with van der Waals surface area (Å²) in [7, 11) is 0. The van der Waals surface area contributed by atoms with Gasteiger partial charge in [0, 0.05) is 18.9 Å². The van der Waals surface area contributed by atoms with Crippen LogP contribution in [0, 0.1) is 0 Å². The molecule has 0 amide bonds. The first-order chi connectivity index (χ1) is 8.16. The van der Waals surface area contributed by atoms with Crippen LogP contribution in [0.25, 0.3) is 0 Å². The van der Waals surface area contributed by atoms with Crippen molar-refractivity contribution in [2.24, 2.45) is 0 Å². The molecular weight excluding hydrogens is 350 g/mol. The second-order valence-electron chi connectivity index (χ2n) is 3.55. The second-order valence-corrected chi connectivity index (χ2v) is 5.26. The molecule has 1 aromatic heterocycles. The summed E-state index contributed by atoms with van der Waals surface area (Å²) < 4.78 is 1.36. The number of nitrogens with one attached hydrogen (secondary N) is 2. The number of hydrogen-bond acceptors (Lipinski definition) is 3. The lowest BCUT2D eigenvalue weighted by atomic mass is 10.2. The molecule has 0 aliphatic carbocycles. The Bertz CT molecular complexity index is 476. The van der Waals surface area contributed by atoms with Crippen LogP contribution in [0.15, 0.2) is 33.5 Å². The molecule has 0 atom stereocenters. The van der Waals surface area contributed by atoms with Gasteiger partial charge in [0.05, 0.1) is 15.5 Å². The molecule has 0 saturated carbocycles. The largest absolute Gasteiger partial charge is 0.506 e.